The lowest BCUT2D eigenvalue weighted by Crippen LogP contribution is -2.39. The first kappa shape index (κ1) is 15.9. The molecule has 0 N–H and O–H groups in total. The lowest BCUT2D eigenvalue weighted by atomic mass is 10.0. The van der Waals surface area contributed by atoms with Crippen LogP contribution in [0.2, 0.25) is 0 Å². The highest BCUT2D eigenvalue weighted by Gasteiger charge is 2.24. The van der Waals surface area contributed by atoms with Crippen LogP contribution in [0.5, 0.6) is 0 Å². The van der Waals surface area contributed by atoms with E-state index < -0.39 is 5.60 Å². The molecule has 0 aromatic carbocycles. The van der Waals surface area contributed by atoms with Crippen molar-refractivity contribution >= 4 is 5.91 Å². The van der Waals surface area contributed by atoms with Crippen LogP contribution >= 0.6 is 0 Å². The van der Waals surface area contributed by atoms with E-state index in [2.05, 4.69) is 0 Å². The normalized spacial score (nSPS) is 11.0. The molecule has 0 saturated heterocycles. The molecule has 0 spiro atoms. The van der Waals surface area contributed by atoms with Crippen LogP contribution in [0.25, 0.3) is 0 Å². The average Bonchev–Trinajstić information content (AvgIpc) is 2.28. The van der Waals surface area contributed by atoms with Crippen LogP contribution in [0.3, 0.4) is 0 Å². The van der Waals surface area contributed by atoms with Gasteiger partial charge in [-0.2, -0.15) is 5.26 Å². The maximum Gasteiger partial charge on any atom is 0.225 e. The molecule has 0 saturated carbocycles. The van der Waals surface area contributed by atoms with Crippen molar-refractivity contribution in [1.29, 1.82) is 5.26 Å². The third kappa shape index (κ3) is 6.93. The fraction of sp³-hybridized carbons (Fsp3) is 0.833. The molecule has 0 aliphatic heterocycles. The van der Waals surface area contributed by atoms with Crippen molar-refractivity contribution in [2.45, 2.75) is 32.3 Å². The Morgan fingerprint density at radius 1 is 1.35 bits per heavy atom. The van der Waals surface area contributed by atoms with Gasteiger partial charge in [0.2, 0.25) is 5.91 Å². The van der Waals surface area contributed by atoms with E-state index in [9.17, 15) is 4.79 Å². The molecule has 0 aromatic heterocycles. The topological polar surface area (TPSA) is 62.6 Å². The summed E-state index contributed by atoms with van der Waals surface area (Å²) in [7, 11) is 3.17. The fourth-order valence-electron chi connectivity index (χ4n) is 1.30. The number of ether oxygens (including phenoxy) is 2. The largest absolute Gasteiger partial charge is 0.383 e. The van der Waals surface area contributed by atoms with Gasteiger partial charge in [0.15, 0.2) is 0 Å². The molecule has 98 valence electrons. The number of nitriles is 1. The smallest absolute Gasteiger partial charge is 0.225 e. The first-order valence-corrected chi connectivity index (χ1v) is 5.65. The third-order valence-corrected chi connectivity index (χ3v) is 2.54. The summed E-state index contributed by atoms with van der Waals surface area (Å²) in [6.07, 6.45) is 0.640. The molecule has 5 heteroatoms. The Bertz CT molecular complexity index is 271. The Hall–Kier alpha value is -1.12. The standard InChI is InChI=1S/C12H22N2O3/c1-12(2,17-4)10-11(15)14(7-5-6-13)8-9-16-3/h5,7-10H2,1-4H3. The Morgan fingerprint density at radius 2 is 2.00 bits per heavy atom. The predicted molar refractivity (Wildman–Crippen MR) is 64.4 cm³/mol. The van der Waals surface area contributed by atoms with E-state index in [1.165, 1.54) is 0 Å². The van der Waals surface area contributed by atoms with Crippen LogP contribution in [-0.2, 0) is 14.3 Å². The van der Waals surface area contributed by atoms with Crippen molar-refractivity contribution in [1.82, 2.24) is 4.90 Å². The highest BCUT2D eigenvalue weighted by molar-refractivity contribution is 5.77. The summed E-state index contributed by atoms with van der Waals surface area (Å²) in [4.78, 5) is 13.7. The summed E-state index contributed by atoms with van der Waals surface area (Å²) >= 11 is 0. The molecular weight excluding hydrogens is 220 g/mol. The molecule has 5 nitrogen and oxygen atoms in total. The van der Waals surface area contributed by atoms with Gasteiger partial charge in [-0.25, -0.2) is 0 Å². The van der Waals surface area contributed by atoms with Crippen LogP contribution in [0.1, 0.15) is 26.7 Å². The first-order valence-electron chi connectivity index (χ1n) is 5.65. The van der Waals surface area contributed by atoms with Gasteiger partial charge in [-0.1, -0.05) is 0 Å². The second kappa shape index (κ2) is 8.04. The van der Waals surface area contributed by atoms with Crippen LogP contribution in [0.4, 0.5) is 0 Å². The maximum absolute atomic E-state index is 12.0. The SMILES string of the molecule is COCCN(CCC#N)C(=O)CC(C)(C)OC. The van der Waals surface area contributed by atoms with E-state index in [-0.39, 0.29) is 5.91 Å². The number of rotatable bonds is 8. The number of amides is 1. The zero-order valence-electron chi connectivity index (χ0n) is 11.2. The van der Waals surface area contributed by atoms with Gasteiger partial charge in [0, 0.05) is 27.3 Å². The van der Waals surface area contributed by atoms with Crippen LogP contribution in [-0.4, -0.2) is 50.3 Å². The zero-order chi connectivity index (χ0) is 13.3. The summed E-state index contributed by atoms with van der Waals surface area (Å²) in [5.74, 6) is -0.0100. The molecule has 17 heavy (non-hydrogen) atoms. The van der Waals surface area contributed by atoms with Crippen LogP contribution < -0.4 is 0 Å². The van der Waals surface area contributed by atoms with Gasteiger partial charge in [-0.15, -0.1) is 0 Å². The van der Waals surface area contributed by atoms with Gasteiger partial charge in [0.1, 0.15) is 0 Å². The fourth-order valence-corrected chi connectivity index (χ4v) is 1.30. The first-order chi connectivity index (χ1) is 7.96. The summed E-state index contributed by atoms with van der Waals surface area (Å²) in [5.41, 5.74) is -0.477. The molecule has 0 radical (unpaired) electrons. The monoisotopic (exact) mass is 242 g/mol. The number of carbonyl (C=O) groups excluding carboxylic acids is 1. The Labute approximate surface area is 103 Å². The van der Waals surface area contributed by atoms with Crippen molar-refractivity contribution < 1.29 is 14.3 Å². The molecule has 0 aliphatic rings. The number of hydrogen-bond donors (Lipinski definition) is 0. The van der Waals surface area contributed by atoms with E-state index in [0.29, 0.717) is 32.5 Å². The second-order valence-electron chi connectivity index (χ2n) is 4.42. The summed E-state index contributed by atoms with van der Waals surface area (Å²) < 4.78 is 10.2. The van der Waals surface area contributed by atoms with Gasteiger partial charge < -0.3 is 14.4 Å². The van der Waals surface area contributed by atoms with Crippen LogP contribution in [0.15, 0.2) is 0 Å². The third-order valence-electron chi connectivity index (χ3n) is 2.54. The molecule has 0 unspecified atom stereocenters. The van der Waals surface area contributed by atoms with Gasteiger partial charge in [0.05, 0.1) is 31.1 Å². The van der Waals surface area contributed by atoms with Gasteiger partial charge in [0.25, 0.3) is 0 Å². The number of carbonyl (C=O) groups is 1. The highest BCUT2D eigenvalue weighted by atomic mass is 16.5. The minimum absolute atomic E-state index is 0.0100. The predicted octanol–water partition coefficient (Wildman–Crippen LogP) is 1.19. The highest BCUT2D eigenvalue weighted by Crippen LogP contribution is 2.14. The zero-order valence-corrected chi connectivity index (χ0v) is 11.2. The van der Waals surface area contributed by atoms with E-state index in [0.717, 1.165) is 0 Å². The van der Waals surface area contributed by atoms with E-state index in [1.54, 1.807) is 19.1 Å². The Morgan fingerprint density at radius 3 is 2.47 bits per heavy atom. The van der Waals surface area contributed by atoms with E-state index >= 15 is 0 Å². The van der Waals surface area contributed by atoms with Crippen molar-refractivity contribution in [3.63, 3.8) is 0 Å². The minimum atomic E-state index is -0.477. The van der Waals surface area contributed by atoms with Crippen LogP contribution in [0, 0.1) is 11.3 Å². The second-order valence-corrected chi connectivity index (χ2v) is 4.42. The molecule has 0 aromatic rings. The van der Waals surface area contributed by atoms with E-state index in [4.69, 9.17) is 14.7 Å². The molecule has 0 atom stereocenters. The molecule has 0 rings (SSSR count). The van der Waals surface area contributed by atoms with Gasteiger partial charge in [-0.3, -0.25) is 4.79 Å². The van der Waals surface area contributed by atoms with E-state index in [1.807, 2.05) is 19.9 Å². The summed E-state index contributed by atoms with van der Waals surface area (Å²) in [6.45, 7) is 5.16. The summed E-state index contributed by atoms with van der Waals surface area (Å²) in [6, 6.07) is 2.04. The quantitative estimate of drug-likeness (QED) is 0.641. The number of methoxy groups -OCH3 is 2. The lowest BCUT2D eigenvalue weighted by Gasteiger charge is -2.27. The minimum Gasteiger partial charge on any atom is -0.383 e. The van der Waals surface area contributed by atoms with Crippen molar-refractivity contribution in [2.24, 2.45) is 0 Å². The van der Waals surface area contributed by atoms with Crippen molar-refractivity contribution in [3.8, 4) is 6.07 Å². The van der Waals surface area contributed by atoms with Crippen molar-refractivity contribution in [3.05, 3.63) is 0 Å². The van der Waals surface area contributed by atoms with Gasteiger partial charge in [-0.05, 0) is 13.8 Å². The number of hydrogen-bond acceptors (Lipinski definition) is 4. The Balaban J connectivity index is 4.36. The molecule has 0 bridgehead atoms. The molecular formula is C12H22N2O3. The molecule has 1 amide bonds. The molecule has 0 fully saturated rings. The molecule has 0 aliphatic carbocycles. The van der Waals surface area contributed by atoms with Gasteiger partial charge >= 0.3 is 0 Å². The van der Waals surface area contributed by atoms with Crippen molar-refractivity contribution in [2.75, 3.05) is 33.9 Å². The molecule has 0 heterocycles. The summed E-state index contributed by atoms with van der Waals surface area (Å²) in [5, 5.41) is 8.56. The maximum atomic E-state index is 12.0. The average molecular weight is 242 g/mol. The number of nitrogens with zero attached hydrogens (tertiary/aromatic N) is 2. The lowest BCUT2D eigenvalue weighted by molar-refractivity contribution is -0.137. The Kier molecular flexibility index (Phi) is 7.51.